The van der Waals surface area contributed by atoms with Gasteiger partial charge in [0.2, 0.25) is 0 Å². The molecule has 1 saturated carbocycles. The molecule has 3 rings (SSSR count). The Hall–Kier alpha value is -1.41. The molecule has 1 aromatic carbocycles. The summed E-state index contributed by atoms with van der Waals surface area (Å²) < 4.78 is 0. The molecule has 1 aliphatic carbocycles. The van der Waals surface area contributed by atoms with Crippen molar-refractivity contribution in [2.75, 3.05) is 0 Å². The molecule has 1 aromatic heterocycles. The van der Waals surface area contributed by atoms with E-state index in [-0.39, 0.29) is 6.04 Å². The van der Waals surface area contributed by atoms with E-state index in [2.05, 4.69) is 43.1 Å². The predicted octanol–water partition coefficient (Wildman–Crippen LogP) is 3.86. The molecule has 0 bridgehead atoms. The molecule has 19 heavy (non-hydrogen) atoms. The predicted molar refractivity (Wildman–Crippen MR) is 80.1 cm³/mol. The van der Waals surface area contributed by atoms with Gasteiger partial charge in [-0.1, -0.05) is 38.1 Å². The lowest BCUT2D eigenvalue weighted by Crippen LogP contribution is -2.37. The summed E-state index contributed by atoms with van der Waals surface area (Å²) >= 11 is 0. The largest absolute Gasteiger partial charge is 0.327 e. The molecule has 2 unspecified atom stereocenters. The smallest absolute Gasteiger partial charge is 0.0737 e. The van der Waals surface area contributed by atoms with Crippen LogP contribution in [-0.2, 0) is 0 Å². The highest BCUT2D eigenvalue weighted by Gasteiger charge is 2.34. The quantitative estimate of drug-likeness (QED) is 0.839. The van der Waals surface area contributed by atoms with Gasteiger partial charge in [0.05, 0.1) is 5.52 Å². The maximum absolute atomic E-state index is 6.40. The first-order chi connectivity index (χ1) is 9.07. The number of hydrogen-bond donors (Lipinski definition) is 1. The van der Waals surface area contributed by atoms with Gasteiger partial charge in [0.1, 0.15) is 0 Å². The summed E-state index contributed by atoms with van der Waals surface area (Å²) in [4.78, 5) is 4.58. The van der Waals surface area contributed by atoms with Crippen molar-refractivity contribution in [1.29, 1.82) is 0 Å². The number of nitrogens with two attached hydrogens (primary N) is 1. The Morgan fingerprint density at radius 2 is 2.00 bits per heavy atom. The second-order valence-electron chi connectivity index (χ2n) is 6.60. The molecule has 100 valence electrons. The molecule has 2 N–H and O–H groups in total. The van der Waals surface area contributed by atoms with Crippen LogP contribution in [0.25, 0.3) is 10.9 Å². The lowest BCUT2D eigenvalue weighted by atomic mass is 9.68. The number of benzene rings is 1. The van der Waals surface area contributed by atoms with Gasteiger partial charge in [-0.15, -0.1) is 0 Å². The minimum atomic E-state index is 0.264. The molecule has 1 fully saturated rings. The van der Waals surface area contributed by atoms with E-state index < -0.39 is 0 Å². The van der Waals surface area contributed by atoms with Gasteiger partial charge in [0, 0.05) is 23.5 Å². The van der Waals surface area contributed by atoms with Crippen LogP contribution in [0.15, 0.2) is 36.5 Å². The van der Waals surface area contributed by atoms with Crippen molar-refractivity contribution < 1.29 is 0 Å². The fraction of sp³-hybridized carbons (Fsp3) is 0.471. The zero-order chi connectivity index (χ0) is 13.5. The summed E-state index contributed by atoms with van der Waals surface area (Å²) in [5, 5.41) is 1.22. The zero-order valence-corrected chi connectivity index (χ0v) is 11.8. The molecule has 2 nitrogen and oxygen atoms in total. The Morgan fingerprint density at radius 1 is 1.21 bits per heavy atom. The second kappa shape index (κ2) is 4.61. The highest BCUT2D eigenvalue weighted by atomic mass is 14.7. The van der Waals surface area contributed by atoms with Crippen LogP contribution < -0.4 is 5.73 Å². The third-order valence-electron chi connectivity index (χ3n) is 4.51. The molecule has 2 atom stereocenters. The lowest BCUT2D eigenvalue weighted by molar-refractivity contribution is 0.199. The molecule has 0 saturated heterocycles. The van der Waals surface area contributed by atoms with Gasteiger partial charge < -0.3 is 5.73 Å². The number of rotatable bonds is 1. The standard InChI is InChI=1S/C17H22N2/c1-17(2)9-8-15(18)14(11-17)13-7-3-5-12-6-4-10-19-16(12)13/h3-7,10,14-15H,8-9,11,18H2,1-2H3. The number of fused-ring (bicyclic) bond motifs is 1. The normalized spacial score (nSPS) is 26.5. The van der Waals surface area contributed by atoms with Gasteiger partial charge in [-0.05, 0) is 36.3 Å². The van der Waals surface area contributed by atoms with Crippen LogP contribution in [0, 0.1) is 5.41 Å². The minimum Gasteiger partial charge on any atom is -0.327 e. The Labute approximate surface area is 115 Å². The van der Waals surface area contributed by atoms with E-state index in [1.807, 2.05) is 12.3 Å². The Bertz CT molecular complexity index is 583. The number of pyridine rings is 1. The molecule has 2 heteroatoms. The van der Waals surface area contributed by atoms with E-state index in [0.29, 0.717) is 11.3 Å². The molecule has 0 radical (unpaired) electrons. The summed E-state index contributed by atoms with van der Waals surface area (Å²) in [5.74, 6) is 0.433. The maximum Gasteiger partial charge on any atom is 0.0737 e. The molecule has 0 spiro atoms. The third kappa shape index (κ3) is 2.37. The van der Waals surface area contributed by atoms with Crippen LogP contribution in [0.3, 0.4) is 0 Å². The number of hydrogen-bond acceptors (Lipinski definition) is 2. The van der Waals surface area contributed by atoms with E-state index in [0.717, 1.165) is 18.4 Å². The first kappa shape index (κ1) is 12.6. The van der Waals surface area contributed by atoms with Crippen molar-refractivity contribution in [1.82, 2.24) is 4.98 Å². The monoisotopic (exact) mass is 254 g/mol. The van der Waals surface area contributed by atoms with Crippen molar-refractivity contribution in [3.8, 4) is 0 Å². The van der Waals surface area contributed by atoms with E-state index in [1.165, 1.54) is 17.4 Å². The van der Waals surface area contributed by atoms with Gasteiger partial charge in [-0.2, -0.15) is 0 Å². The lowest BCUT2D eigenvalue weighted by Gasteiger charge is -2.39. The molecule has 1 heterocycles. The van der Waals surface area contributed by atoms with Crippen LogP contribution in [0.5, 0.6) is 0 Å². The summed E-state index contributed by atoms with van der Waals surface area (Å²) in [7, 11) is 0. The van der Waals surface area contributed by atoms with Crippen molar-refractivity contribution in [2.45, 2.75) is 45.1 Å². The van der Waals surface area contributed by atoms with Crippen LogP contribution in [0.2, 0.25) is 0 Å². The first-order valence-electron chi connectivity index (χ1n) is 7.16. The molecular formula is C17H22N2. The highest BCUT2D eigenvalue weighted by molar-refractivity contribution is 5.82. The van der Waals surface area contributed by atoms with Gasteiger partial charge in [0.15, 0.2) is 0 Å². The number of para-hydroxylation sites is 1. The molecular weight excluding hydrogens is 232 g/mol. The SMILES string of the molecule is CC1(C)CCC(N)C(c2cccc3cccnc23)C1. The minimum absolute atomic E-state index is 0.264. The Balaban J connectivity index is 2.08. The fourth-order valence-electron chi connectivity index (χ4n) is 3.37. The maximum atomic E-state index is 6.40. The van der Waals surface area contributed by atoms with E-state index in [9.17, 15) is 0 Å². The fourth-order valence-corrected chi connectivity index (χ4v) is 3.37. The highest BCUT2D eigenvalue weighted by Crippen LogP contribution is 2.44. The summed E-state index contributed by atoms with van der Waals surface area (Å²) in [6, 6.07) is 10.9. The summed E-state index contributed by atoms with van der Waals surface area (Å²) in [6.07, 6.45) is 5.37. The van der Waals surface area contributed by atoms with Gasteiger partial charge >= 0.3 is 0 Å². The second-order valence-corrected chi connectivity index (χ2v) is 6.60. The van der Waals surface area contributed by atoms with Crippen molar-refractivity contribution in [3.63, 3.8) is 0 Å². The number of aromatic nitrogens is 1. The van der Waals surface area contributed by atoms with Crippen LogP contribution in [0.1, 0.15) is 44.6 Å². The molecule has 0 aliphatic heterocycles. The van der Waals surface area contributed by atoms with E-state index in [1.54, 1.807) is 0 Å². The van der Waals surface area contributed by atoms with Crippen molar-refractivity contribution in [3.05, 3.63) is 42.1 Å². The van der Waals surface area contributed by atoms with Crippen LogP contribution in [-0.4, -0.2) is 11.0 Å². The van der Waals surface area contributed by atoms with E-state index >= 15 is 0 Å². The molecule has 0 amide bonds. The van der Waals surface area contributed by atoms with Crippen molar-refractivity contribution >= 4 is 10.9 Å². The summed E-state index contributed by atoms with van der Waals surface area (Å²) in [6.45, 7) is 4.70. The molecule has 2 aromatic rings. The van der Waals surface area contributed by atoms with Gasteiger partial charge in [-0.3, -0.25) is 4.98 Å². The van der Waals surface area contributed by atoms with Gasteiger partial charge in [0.25, 0.3) is 0 Å². The Morgan fingerprint density at radius 3 is 2.84 bits per heavy atom. The topological polar surface area (TPSA) is 38.9 Å². The van der Waals surface area contributed by atoms with Crippen LogP contribution in [0.4, 0.5) is 0 Å². The molecule has 1 aliphatic rings. The van der Waals surface area contributed by atoms with Gasteiger partial charge in [-0.25, -0.2) is 0 Å². The van der Waals surface area contributed by atoms with Crippen LogP contribution >= 0.6 is 0 Å². The average Bonchev–Trinajstić information content (AvgIpc) is 2.41. The number of nitrogens with zero attached hydrogens (tertiary/aromatic N) is 1. The Kier molecular flexibility index (Phi) is 3.06. The third-order valence-corrected chi connectivity index (χ3v) is 4.51. The first-order valence-corrected chi connectivity index (χ1v) is 7.16. The van der Waals surface area contributed by atoms with E-state index in [4.69, 9.17) is 5.73 Å². The average molecular weight is 254 g/mol. The van der Waals surface area contributed by atoms with Crippen molar-refractivity contribution in [2.24, 2.45) is 11.1 Å². The summed E-state index contributed by atoms with van der Waals surface area (Å²) in [5.41, 5.74) is 9.24. The zero-order valence-electron chi connectivity index (χ0n) is 11.8.